The number of carbonyl (C=O) groups is 2. The average molecular weight is 372 g/mol. The van der Waals surface area contributed by atoms with E-state index in [2.05, 4.69) is 20.6 Å². The summed E-state index contributed by atoms with van der Waals surface area (Å²) in [6, 6.07) is 13.2. The molecule has 6 heteroatoms. The van der Waals surface area contributed by atoms with Crippen LogP contribution in [0.5, 0.6) is 0 Å². The summed E-state index contributed by atoms with van der Waals surface area (Å²) in [5.41, 5.74) is 3.77. The van der Waals surface area contributed by atoms with Crippen molar-refractivity contribution in [2.45, 2.75) is 25.4 Å². The molecule has 1 aliphatic rings. The quantitative estimate of drug-likeness (QED) is 0.697. The Hall–Kier alpha value is -3.54. The molecule has 0 aliphatic heterocycles. The highest BCUT2D eigenvalue weighted by Crippen LogP contribution is 2.22. The highest BCUT2D eigenvalue weighted by atomic mass is 16.2. The Morgan fingerprint density at radius 3 is 2.43 bits per heavy atom. The Bertz CT molecular complexity index is 983. The lowest BCUT2D eigenvalue weighted by Gasteiger charge is -2.08. The van der Waals surface area contributed by atoms with E-state index in [4.69, 9.17) is 0 Å². The Balaban J connectivity index is 1.44. The molecule has 4 rings (SSSR count). The minimum atomic E-state index is -0.196. The van der Waals surface area contributed by atoms with Crippen molar-refractivity contribution in [3.8, 4) is 11.1 Å². The molecule has 1 fully saturated rings. The second kappa shape index (κ2) is 8.00. The molecule has 2 amide bonds. The van der Waals surface area contributed by atoms with Crippen LogP contribution < -0.4 is 10.6 Å². The molecule has 2 aromatic heterocycles. The predicted molar refractivity (Wildman–Crippen MR) is 106 cm³/mol. The van der Waals surface area contributed by atoms with Crippen LogP contribution in [0.2, 0.25) is 0 Å². The van der Waals surface area contributed by atoms with E-state index in [-0.39, 0.29) is 11.8 Å². The second-order valence-corrected chi connectivity index (χ2v) is 6.83. The van der Waals surface area contributed by atoms with Crippen molar-refractivity contribution in [3.05, 3.63) is 83.9 Å². The van der Waals surface area contributed by atoms with Gasteiger partial charge in [-0.05, 0) is 48.2 Å². The van der Waals surface area contributed by atoms with Gasteiger partial charge in [-0.25, -0.2) is 0 Å². The van der Waals surface area contributed by atoms with Gasteiger partial charge in [-0.1, -0.05) is 18.2 Å². The van der Waals surface area contributed by atoms with Crippen LogP contribution in [0.1, 0.15) is 39.1 Å². The van der Waals surface area contributed by atoms with E-state index in [1.165, 1.54) is 0 Å². The van der Waals surface area contributed by atoms with E-state index in [1.54, 1.807) is 43.0 Å². The molecule has 1 aromatic carbocycles. The second-order valence-electron chi connectivity index (χ2n) is 6.83. The van der Waals surface area contributed by atoms with E-state index in [1.807, 2.05) is 24.3 Å². The number of aromatic nitrogens is 2. The fourth-order valence-corrected chi connectivity index (χ4v) is 2.82. The van der Waals surface area contributed by atoms with Crippen LogP contribution in [0.15, 0.2) is 67.3 Å². The lowest BCUT2D eigenvalue weighted by atomic mass is 10.0. The van der Waals surface area contributed by atoms with Crippen LogP contribution in [-0.2, 0) is 6.54 Å². The summed E-state index contributed by atoms with van der Waals surface area (Å²) in [6.07, 6.45) is 8.78. The summed E-state index contributed by atoms with van der Waals surface area (Å²) in [5, 5.41) is 5.84. The maximum atomic E-state index is 12.4. The normalized spacial score (nSPS) is 13.0. The molecule has 2 N–H and O–H groups in total. The number of nitrogens with one attached hydrogen (secondary N) is 2. The summed E-state index contributed by atoms with van der Waals surface area (Å²) >= 11 is 0. The summed E-state index contributed by atoms with van der Waals surface area (Å²) in [4.78, 5) is 32.7. The minimum Gasteiger partial charge on any atom is -0.349 e. The number of amides is 2. The molecule has 0 unspecified atom stereocenters. The molecule has 1 saturated carbocycles. The van der Waals surface area contributed by atoms with E-state index >= 15 is 0 Å². The Morgan fingerprint density at radius 2 is 1.71 bits per heavy atom. The Labute approximate surface area is 163 Å². The largest absolute Gasteiger partial charge is 0.349 e. The van der Waals surface area contributed by atoms with Crippen molar-refractivity contribution in [2.24, 2.45) is 0 Å². The Morgan fingerprint density at radius 1 is 0.893 bits per heavy atom. The van der Waals surface area contributed by atoms with Gasteiger partial charge in [-0.15, -0.1) is 0 Å². The van der Waals surface area contributed by atoms with Crippen molar-refractivity contribution < 1.29 is 9.59 Å². The molecule has 0 saturated heterocycles. The molecule has 3 aromatic rings. The zero-order valence-corrected chi connectivity index (χ0v) is 15.3. The molecule has 0 bridgehead atoms. The lowest BCUT2D eigenvalue weighted by Crippen LogP contribution is -2.25. The van der Waals surface area contributed by atoms with Crippen molar-refractivity contribution in [1.29, 1.82) is 0 Å². The first-order chi connectivity index (χ1) is 13.7. The summed E-state index contributed by atoms with van der Waals surface area (Å²) < 4.78 is 0. The third-order valence-electron chi connectivity index (χ3n) is 4.57. The highest BCUT2D eigenvalue weighted by Gasteiger charge is 2.23. The first kappa shape index (κ1) is 17.9. The van der Waals surface area contributed by atoms with Crippen LogP contribution in [-0.4, -0.2) is 27.8 Å². The van der Waals surface area contributed by atoms with Gasteiger partial charge in [0.05, 0.1) is 5.56 Å². The van der Waals surface area contributed by atoms with Gasteiger partial charge in [-0.3, -0.25) is 19.6 Å². The van der Waals surface area contributed by atoms with Crippen molar-refractivity contribution >= 4 is 11.8 Å². The van der Waals surface area contributed by atoms with Crippen LogP contribution in [0.4, 0.5) is 0 Å². The van der Waals surface area contributed by atoms with Gasteiger partial charge in [0.25, 0.3) is 11.8 Å². The predicted octanol–water partition coefficient (Wildman–Crippen LogP) is 2.97. The molecule has 6 nitrogen and oxygen atoms in total. The zero-order chi connectivity index (χ0) is 19.3. The SMILES string of the molecule is O=C(NCc1cccnc1)c1cncc(-c2ccc(C(=O)NC3CC3)cc2)c1. The topological polar surface area (TPSA) is 84.0 Å². The fourth-order valence-electron chi connectivity index (χ4n) is 2.82. The maximum absolute atomic E-state index is 12.4. The summed E-state index contributed by atoms with van der Waals surface area (Å²) in [5.74, 6) is -0.241. The molecule has 0 atom stereocenters. The highest BCUT2D eigenvalue weighted by molar-refractivity contribution is 5.96. The summed E-state index contributed by atoms with van der Waals surface area (Å²) in [7, 11) is 0. The number of hydrogen-bond donors (Lipinski definition) is 2. The van der Waals surface area contributed by atoms with Gasteiger partial charge in [0, 0.05) is 48.5 Å². The third kappa shape index (κ3) is 4.40. The zero-order valence-electron chi connectivity index (χ0n) is 15.3. The smallest absolute Gasteiger partial charge is 0.253 e. The van der Waals surface area contributed by atoms with Gasteiger partial charge < -0.3 is 10.6 Å². The summed E-state index contributed by atoms with van der Waals surface area (Å²) in [6.45, 7) is 0.404. The van der Waals surface area contributed by atoms with Crippen molar-refractivity contribution in [3.63, 3.8) is 0 Å². The Kier molecular flexibility index (Phi) is 5.10. The maximum Gasteiger partial charge on any atom is 0.253 e. The van der Waals surface area contributed by atoms with Gasteiger partial charge in [0.15, 0.2) is 0 Å². The molecule has 140 valence electrons. The molecule has 1 aliphatic carbocycles. The molecule has 2 heterocycles. The number of nitrogens with zero attached hydrogens (tertiary/aromatic N) is 2. The monoisotopic (exact) mass is 372 g/mol. The third-order valence-corrected chi connectivity index (χ3v) is 4.57. The van der Waals surface area contributed by atoms with Gasteiger partial charge in [0.2, 0.25) is 0 Å². The first-order valence-electron chi connectivity index (χ1n) is 9.22. The lowest BCUT2D eigenvalue weighted by molar-refractivity contribution is 0.0942. The number of carbonyl (C=O) groups excluding carboxylic acids is 2. The molecular formula is C22H20N4O2. The average Bonchev–Trinajstić information content (AvgIpc) is 3.57. The molecule has 28 heavy (non-hydrogen) atoms. The number of hydrogen-bond acceptors (Lipinski definition) is 4. The van der Waals surface area contributed by atoms with E-state index in [0.29, 0.717) is 23.7 Å². The fraction of sp³-hybridized carbons (Fsp3) is 0.182. The first-order valence-corrected chi connectivity index (χ1v) is 9.22. The minimum absolute atomic E-state index is 0.0456. The molecule has 0 radical (unpaired) electrons. The van der Waals surface area contributed by atoms with Crippen LogP contribution >= 0.6 is 0 Å². The standard InChI is InChI=1S/C22H20N4O2/c27-21(25-12-15-2-1-9-23-11-15)19-10-18(13-24-14-19)16-3-5-17(6-4-16)22(28)26-20-7-8-20/h1-6,9-11,13-14,20H,7-8,12H2,(H,25,27)(H,26,28). The molecule has 0 spiro atoms. The van der Waals surface area contributed by atoms with E-state index in [0.717, 1.165) is 29.5 Å². The van der Waals surface area contributed by atoms with E-state index < -0.39 is 0 Å². The number of pyridine rings is 2. The van der Waals surface area contributed by atoms with Crippen LogP contribution in [0, 0.1) is 0 Å². The van der Waals surface area contributed by atoms with E-state index in [9.17, 15) is 9.59 Å². The van der Waals surface area contributed by atoms with Crippen LogP contribution in [0.25, 0.3) is 11.1 Å². The van der Waals surface area contributed by atoms with Gasteiger partial charge in [0.1, 0.15) is 0 Å². The van der Waals surface area contributed by atoms with Crippen molar-refractivity contribution in [1.82, 2.24) is 20.6 Å². The number of rotatable bonds is 6. The van der Waals surface area contributed by atoms with Gasteiger partial charge >= 0.3 is 0 Å². The number of benzene rings is 1. The molecular weight excluding hydrogens is 352 g/mol. The van der Waals surface area contributed by atoms with Crippen molar-refractivity contribution in [2.75, 3.05) is 0 Å². The van der Waals surface area contributed by atoms with Gasteiger partial charge in [-0.2, -0.15) is 0 Å². The van der Waals surface area contributed by atoms with Crippen LogP contribution in [0.3, 0.4) is 0 Å².